The summed E-state index contributed by atoms with van der Waals surface area (Å²) in [5.74, 6) is 2.41. The van der Waals surface area contributed by atoms with Gasteiger partial charge in [-0.2, -0.15) is 0 Å². The van der Waals surface area contributed by atoms with E-state index < -0.39 is 31.2 Å². The highest BCUT2D eigenvalue weighted by atomic mass is 32.2. The molecule has 0 saturated carbocycles. The summed E-state index contributed by atoms with van der Waals surface area (Å²) in [5.41, 5.74) is 0.886. The number of likely N-dealkylation sites (N-methyl/N-ethyl adjacent to an activating group) is 2. The molecular formula is C66H94N4O6S. The van der Waals surface area contributed by atoms with Crippen LogP contribution in [0.15, 0.2) is 115 Å². The number of ether oxygens (including phenoxy) is 2. The summed E-state index contributed by atoms with van der Waals surface area (Å²) in [7, 11) is 0.379. The fraction of sp³-hybridized carbons (Fsp3) is 0.576. The third-order valence-corrected chi connectivity index (χ3v) is 20.6. The van der Waals surface area contributed by atoms with Crippen molar-refractivity contribution in [2.45, 2.75) is 201 Å². The highest BCUT2D eigenvalue weighted by molar-refractivity contribution is 7.92. The summed E-state index contributed by atoms with van der Waals surface area (Å²) in [6.07, 6.45) is 19.2. The maximum absolute atomic E-state index is 14.5. The third kappa shape index (κ3) is 11.9. The van der Waals surface area contributed by atoms with Crippen LogP contribution in [0.5, 0.6) is 23.0 Å². The normalized spacial score (nSPS) is 23.4. The Bertz CT molecular complexity index is 2730. The number of hydrogen-bond donors (Lipinski definition) is 3. The van der Waals surface area contributed by atoms with Gasteiger partial charge in [-0.1, -0.05) is 109 Å². The molecule has 4 aliphatic rings. The number of piperidine rings is 4. The molecule has 77 heavy (non-hydrogen) atoms. The molecule has 0 radical (unpaired) electrons. The molecule has 8 rings (SSSR count). The number of unbranched alkanes of at least 4 members (excludes halogenated alkanes) is 2. The molecule has 0 amide bonds. The van der Waals surface area contributed by atoms with Crippen LogP contribution in [0, 0.1) is 0 Å². The van der Waals surface area contributed by atoms with E-state index in [0.29, 0.717) is 28.6 Å². The SMILES string of the molecule is C=CC(C=C)(c1ccc(Oc2ccc(S(=O)(=O)C(C)(C)C)c(C(O)(C3CCCCN3)C3CCCCN3C)c2)cc1)c1ccc(Oc2ccc(C(C)(C)C)c(C(O)(C3CCCCN3C)C3CCCCN3CCCCC)c2)cc1. The Morgan fingerprint density at radius 3 is 1.58 bits per heavy atom. The van der Waals surface area contributed by atoms with Crippen LogP contribution in [0.25, 0.3) is 0 Å². The first-order valence-corrected chi connectivity index (χ1v) is 30.8. The van der Waals surface area contributed by atoms with E-state index in [0.717, 1.165) is 138 Å². The Balaban J connectivity index is 1.09. The molecule has 3 N–H and O–H groups in total. The monoisotopic (exact) mass is 1070 g/mol. The van der Waals surface area contributed by atoms with Crippen LogP contribution < -0.4 is 14.8 Å². The molecule has 11 heteroatoms. The molecule has 4 saturated heterocycles. The van der Waals surface area contributed by atoms with Gasteiger partial charge in [-0.3, -0.25) is 4.90 Å². The minimum absolute atomic E-state index is 0.00327. The fourth-order valence-electron chi connectivity index (χ4n) is 13.6. The Labute approximate surface area is 464 Å². The smallest absolute Gasteiger partial charge is 0.183 e. The second kappa shape index (κ2) is 24.2. The number of benzene rings is 4. The lowest BCUT2D eigenvalue weighted by Crippen LogP contribution is -2.63. The maximum Gasteiger partial charge on any atom is 0.183 e. The second-order valence-electron chi connectivity index (χ2n) is 25.2. The lowest BCUT2D eigenvalue weighted by molar-refractivity contribution is -0.127. The zero-order valence-electron chi connectivity index (χ0n) is 48.4. The van der Waals surface area contributed by atoms with Crippen molar-refractivity contribution in [3.8, 4) is 23.0 Å². The molecule has 4 aliphatic heterocycles. The standard InChI is InChI=1S/C66H94N4O6S/c1-12-15-21-44-70-45-24-19-28-61(70)66(72,60-27-18-23-43-69(60)11)55-46-52(37-39-54(55)62(4,5)6)75-50-33-29-48(30-34-50)64(13-2,14-3)49-31-35-51(36-32-49)76-53-38-40-57(77(73,74)63(7,8)9)56(47-53)65(71,58-25-16-20-41-67-58)59-26-17-22-42-68(59)10/h13-14,29-40,46-47,58-61,67,71-72H,2-3,12,15-28,41-45H2,1,4-11H3. The molecule has 420 valence electrons. The number of likely N-dealkylation sites (tertiary alicyclic amines) is 3. The molecule has 6 unspecified atom stereocenters. The molecule has 4 aromatic carbocycles. The van der Waals surface area contributed by atoms with Gasteiger partial charge in [-0.05, 0) is 208 Å². The van der Waals surface area contributed by atoms with E-state index >= 15 is 0 Å². The van der Waals surface area contributed by atoms with E-state index in [1.54, 1.807) is 39.0 Å². The van der Waals surface area contributed by atoms with Crippen molar-refractivity contribution in [2.24, 2.45) is 0 Å². The minimum atomic E-state index is -3.88. The minimum Gasteiger partial charge on any atom is -0.457 e. The predicted molar refractivity (Wildman–Crippen MR) is 315 cm³/mol. The first-order valence-electron chi connectivity index (χ1n) is 29.3. The average molecular weight is 1070 g/mol. The van der Waals surface area contributed by atoms with Crippen LogP contribution >= 0.6 is 0 Å². The third-order valence-electron chi connectivity index (χ3n) is 18.1. The van der Waals surface area contributed by atoms with Gasteiger partial charge in [0.1, 0.15) is 34.2 Å². The summed E-state index contributed by atoms with van der Waals surface area (Å²) in [5, 5.41) is 30.8. The van der Waals surface area contributed by atoms with Crippen LogP contribution in [-0.4, -0.2) is 109 Å². The summed E-state index contributed by atoms with van der Waals surface area (Å²) in [6, 6.07) is 26.9. The first-order chi connectivity index (χ1) is 36.6. The second-order valence-corrected chi connectivity index (χ2v) is 27.8. The molecule has 6 atom stereocenters. The van der Waals surface area contributed by atoms with Gasteiger partial charge in [-0.25, -0.2) is 8.42 Å². The number of aliphatic hydroxyl groups is 2. The number of hydrogen-bond acceptors (Lipinski definition) is 10. The van der Waals surface area contributed by atoms with Gasteiger partial charge in [0.2, 0.25) is 0 Å². The molecule has 0 aromatic heterocycles. The molecule has 4 aromatic rings. The highest BCUT2D eigenvalue weighted by Crippen LogP contribution is 2.49. The number of nitrogens with zero attached hydrogens (tertiary/aromatic N) is 3. The van der Waals surface area contributed by atoms with Gasteiger partial charge < -0.3 is 34.8 Å². The van der Waals surface area contributed by atoms with Crippen molar-refractivity contribution in [3.05, 3.63) is 138 Å². The lowest BCUT2D eigenvalue weighted by atomic mass is 9.68. The van der Waals surface area contributed by atoms with Crippen LogP contribution in [0.3, 0.4) is 0 Å². The first kappa shape index (κ1) is 58.8. The van der Waals surface area contributed by atoms with E-state index in [-0.39, 0.29) is 34.5 Å². The van der Waals surface area contributed by atoms with Crippen molar-refractivity contribution in [1.82, 2.24) is 20.0 Å². The van der Waals surface area contributed by atoms with Crippen LogP contribution in [-0.2, 0) is 31.9 Å². The zero-order chi connectivity index (χ0) is 55.4. The van der Waals surface area contributed by atoms with Gasteiger partial charge in [0, 0.05) is 29.7 Å². The van der Waals surface area contributed by atoms with Gasteiger partial charge in [0.05, 0.1) is 15.1 Å². The van der Waals surface area contributed by atoms with Crippen molar-refractivity contribution in [3.63, 3.8) is 0 Å². The summed E-state index contributed by atoms with van der Waals surface area (Å²) < 4.78 is 41.2. The predicted octanol–water partition coefficient (Wildman–Crippen LogP) is 13.3. The molecule has 0 bridgehead atoms. The zero-order valence-corrected chi connectivity index (χ0v) is 49.2. The van der Waals surface area contributed by atoms with E-state index in [1.165, 1.54) is 12.8 Å². The molecule has 4 fully saturated rings. The van der Waals surface area contributed by atoms with Gasteiger partial charge in [-0.15, -0.1) is 13.2 Å². The lowest BCUT2D eigenvalue weighted by Gasteiger charge is -2.53. The van der Waals surface area contributed by atoms with Crippen molar-refractivity contribution < 1.29 is 28.1 Å². The Kier molecular flexibility index (Phi) is 18.5. The van der Waals surface area contributed by atoms with Crippen LogP contribution in [0.4, 0.5) is 0 Å². The van der Waals surface area contributed by atoms with Crippen molar-refractivity contribution in [2.75, 3.05) is 46.8 Å². The van der Waals surface area contributed by atoms with Crippen LogP contribution in [0.1, 0.15) is 173 Å². The maximum atomic E-state index is 14.5. The summed E-state index contributed by atoms with van der Waals surface area (Å²) >= 11 is 0. The fourth-order valence-corrected chi connectivity index (χ4v) is 15.0. The van der Waals surface area contributed by atoms with E-state index in [2.05, 4.69) is 98.2 Å². The molecule has 10 nitrogen and oxygen atoms in total. The Morgan fingerprint density at radius 2 is 1.09 bits per heavy atom. The van der Waals surface area contributed by atoms with Gasteiger partial charge >= 0.3 is 0 Å². The molecule has 4 heterocycles. The summed E-state index contributed by atoms with van der Waals surface area (Å²) in [6.45, 7) is 27.4. The van der Waals surface area contributed by atoms with E-state index in [4.69, 9.17) is 9.47 Å². The molecule has 0 aliphatic carbocycles. The van der Waals surface area contributed by atoms with E-state index in [9.17, 15) is 18.6 Å². The Hall–Kier alpha value is -4.33. The number of allylic oxidation sites excluding steroid dienone is 2. The molecular weight excluding hydrogens is 977 g/mol. The Morgan fingerprint density at radius 1 is 0.597 bits per heavy atom. The largest absolute Gasteiger partial charge is 0.457 e. The average Bonchev–Trinajstić information content (AvgIpc) is 3.43. The van der Waals surface area contributed by atoms with E-state index in [1.807, 2.05) is 55.6 Å². The summed E-state index contributed by atoms with van der Waals surface area (Å²) in [4.78, 5) is 7.42. The highest BCUT2D eigenvalue weighted by Gasteiger charge is 2.53. The van der Waals surface area contributed by atoms with Crippen molar-refractivity contribution >= 4 is 9.84 Å². The number of sulfone groups is 1. The topological polar surface area (TPSA) is 115 Å². The van der Waals surface area contributed by atoms with Crippen LogP contribution in [0.2, 0.25) is 0 Å². The van der Waals surface area contributed by atoms with Gasteiger partial charge in [0.15, 0.2) is 9.84 Å². The van der Waals surface area contributed by atoms with Crippen molar-refractivity contribution in [1.29, 1.82) is 0 Å². The quantitative estimate of drug-likeness (QED) is 0.0619. The number of nitrogens with one attached hydrogen (secondary N) is 1. The van der Waals surface area contributed by atoms with Gasteiger partial charge in [0.25, 0.3) is 0 Å². The molecule has 0 spiro atoms. The number of rotatable bonds is 19.